The summed E-state index contributed by atoms with van der Waals surface area (Å²) in [5, 5.41) is 16.2. The first-order valence-corrected chi connectivity index (χ1v) is 5.97. The van der Waals surface area contributed by atoms with Gasteiger partial charge in [-0.3, -0.25) is 9.48 Å². The Morgan fingerprint density at radius 2 is 2.33 bits per heavy atom. The van der Waals surface area contributed by atoms with E-state index in [1.807, 2.05) is 0 Å². The molecule has 1 aliphatic rings. The minimum Gasteiger partial charge on any atom is -0.352 e. The van der Waals surface area contributed by atoms with Crippen LogP contribution in [0.2, 0.25) is 0 Å². The van der Waals surface area contributed by atoms with Crippen molar-refractivity contribution in [3.63, 3.8) is 0 Å². The van der Waals surface area contributed by atoms with E-state index in [4.69, 9.17) is 5.26 Å². The molecular formula is C12H17N5O. The van der Waals surface area contributed by atoms with Crippen molar-refractivity contribution < 1.29 is 4.79 Å². The molecule has 1 aromatic rings. The van der Waals surface area contributed by atoms with E-state index < -0.39 is 0 Å². The van der Waals surface area contributed by atoms with Crippen LogP contribution in [0.15, 0.2) is 0 Å². The number of carbonyl (C=O) groups is 1. The zero-order valence-corrected chi connectivity index (χ0v) is 10.9. The molecule has 1 N–H and O–H groups in total. The van der Waals surface area contributed by atoms with E-state index >= 15 is 0 Å². The number of amides is 1. The van der Waals surface area contributed by atoms with Crippen LogP contribution < -0.4 is 10.2 Å². The van der Waals surface area contributed by atoms with Crippen LogP contribution in [0, 0.1) is 18.3 Å². The molecule has 0 atom stereocenters. The molecular weight excluding hydrogens is 230 g/mol. The van der Waals surface area contributed by atoms with Gasteiger partial charge in [0.05, 0.1) is 12.2 Å². The van der Waals surface area contributed by atoms with Crippen molar-refractivity contribution in [1.29, 1.82) is 5.26 Å². The standard InChI is InChI=1S/C12H17N5O/c1-8-10(6-13)12(17(3)15-8)16(2)7-11(18)14-9-4-5-9/h9H,4-5,7H2,1-3H3,(H,14,18). The minimum atomic E-state index is -0.0113. The molecule has 0 aromatic carbocycles. The average Bonchev–Trinajstić information content (AvgIpc) is 3.02. The van der Waals surface area contributed by atoms with Crippen molar-refractivity contribution in [1.82, 2.24) is 15.1 Å². The van der Waals surface area contributed by atoms with Gasteiger partial charge < -0.3 is 10.2 Å². The molecule has 0 aliphatic heterocycles. The van der Waals surface area contributed by atoms with Crippen LogP contribution in [0.5, 0.6) is 0 Å². The van der Waals surface area contributed by atoms with Crippen molar-refractivity contribution >= 4 is 11.7 Å². The maximum absolute atomic E-state index is 11.7. The summed E-state index contributed by atoms with van der Waals surface area (Å²) in [6, 6.07) is 2.49. The first-order valence-electron chi connectivity index (χ1n) is 5.97. The zero-order chi connectivity index (χ0) is 13.3. The molecule has 2 rings (SSSR count). The number of hydrogen-bond acceptors (Lipinski definition) is 4. The fourth-order valence-corrected chi connectivity index (χ4v) is 2.01. The normalized spacial score (nSPS) is 14.1. The molecule has 0 spiro atoms. The molecule has 1 saturated carbocycles. The fraction of sp³-hybridized carbons (Fsp3) is 0.583. The molecule has 0 unspecified atom stereocenters. The molecule has 1 fully saturated rings. The smallest absolute Gasteiger partial charge is 0.239 e. The molecule has 96 valence electrons. The van der Waals surface area contributed by atoms with Crippen LogP contribution in [0.3, 0.4) is 0 Å². The van der Waals surface area contributed by atoms with Crippen molar-refractivity contribution in [3.8, 4) is 6.07 Å². The molecule has 1 aliphatic carbocycles. The third kappa shape index (κ3) is 2.45. The monoisotopic (exact) mass is 247 g/mol. The second-order valence-electron chi connectivity index (χ2n) is 4.72. The van der Waals surface area contributed by atoms with Gasteiger partial charge in [-0.05, 0) is 19.8 Å². The number of aryl methyl sites for hydroxylation is 2. The SMILES string of the molecule is Cc1nn(C)c(N(C)CC(=O)NC2CC2)c1C#N. The second kappa shape index (κ2) is 4.69. The first-order chi connectivity index (χ1) is 8.52. The lowest BCUT2D eigenvalue weighted by Gasteiger charge is -2.18. The maximum atomic E-state index is 11.7. The van der Waals surface area contributed by atoms with Crippen molar-refractivity contribution in [3.05, 3.63) is 11.3 Å². The quantitative estimate of drug-likeness (QED) is 0.831. The van der Waals surface area contributed by atoms with Crippen molar-refractivity contribution in [2.45, 2.75) is 25.8 Å². The van der Waals surface area contributed by atoms with E-state index in [0.717, 1.165) is 12.8 Å². The molecule has 1 aromatic heterocycles. The highest BCUT2D eigenvalue weighted by Gasteiger charge is 2.25. The predicted octanol–water partition coefficient (Wildman–Crippen LogP) is 0.315. The number of likely N-dealkylation sites (N-methyl/N-ethyl adjacent to an activating group) is 1. The van der Waals surface area contributed by atoms with Crippen LogP contribution in [-0.4, -0.2) is 35.3 Å². The van der Waals surface area contributed by atoms with E-state index in [9.17, 15) is 4.79 Å². The summed E-state index contributed by atoms with van der Waals surface area (Å²) >= 11 is 0. The summed E-state index contributed by atoms with van der Waals surface area (Å²) in [6.07, 6.45) is 2.15. The highest BCUT2D eigenvalue weighted by atomic mass is 16.2. The molecule has 0 radical (unpaired) electrons. The molecule has 6 heteroatoms. The van der Waals surface area contributed by atoms with E-state index in [0.29, 0.717) is 23.1 Å². The van der Waals surface area contributed by atoms with E-state index in [2.05, 4.69) is 16.5 Å². The van der Waals surface area contributed by atoms with Crippen LogP contribution in [0.25, 0.3) is 0 Å². The zero-order valence-electron chi connectivity index (χ0n) is 10.9. The third-order valence-corrected chi connectivity index (χ3v) is 2.99. The summed E-state index contributed by atoms with van der Waals surface area (Å²) < 4.78 is 1.64. The van der Waals surface area contributed by atoms with Crippen LogP contribution >= 0.6 is 0 Å². The van der Waals surface area contributed by atoms with Crippen LogP contribution in [0.4, 0.5) is 5.82 Å². The number of aromatic nitrogens is 2. The van der Waals surface area contributed by atoms with E-state index in [1.54, 1.807) is 30.6 Å². The third-order valence-electron chi connectivity index (χ3n) is 2.99. The fourth-order valence-electron chi connectivity index (χ4n) is 2.01. The summed E-state index contributed by atoms with van der Waals surface area (Å²) in [5.74, 6) is 0.670. The highest BCUT2D eigenvalue weighted by molar-refractivity contribution is 5.82. The van der Waals surface area contributed by atoms with Gasteiger partial charge >= 0.3 is 0 Å². The Balaban J connectivity index is 2.10. The van der Waals surface area contributed by atoms with Gasteiger partial charge in [0, 0.05) is 20.1 Å². The Hall–Kier alpha value is -2.03. The Morgan fingerprint density at radius 3 is 2.89 bits per heavy atom. The Morgan fingerprint density at radius 1 is 1.67 bits per heavy atom. The summed E-state index contributed by atoms with van der Waals surface area (Å²) in [7, 11) is 3.57. The van der Waals surface area contributed by atoms with Crippen LogP contribution in [-0.2, 0) is 11.8 Å². The van der Waals surface area contributed by atoms with Gasteiger partial charge in [-0.1, -0.05) is 0 Å². The van der Waals surface area contributed by atoms with Gasteiger partial charge in [-0.15, -0.1) is 0 Å². The highest BCUT2D eigenvalue weighted by Crippen LogP contribution is 2.21. The number of anilines is 1. The van der Waals surface area contributed by atoms with Gasteiger partial charge in [-0.2, -0.15) is 10.4 Å². The Bertz CT molecular complexity index is 509. The van der Waals surface area contributed by atoms with Gasteiger partial charge in [0.2, 0.25) is 5.91 Å². The first kappa shape index (κ1) is 12.4. The lowest BCUT2D eigenvalue weighted by atomic mass is 10.2. The number of nitriles is 1. The maximum Gasteiger partial charge on any atom is 0.239 e. The second-order valence-corrected chi connectivity index (χ2v) is 4.72. The van der Waals surface area contributed by atoms with Gasteiger partial charge in [0.15, 0.2) is 0 Å². The number of rotatable bonds is 4. The van der Waals surface area contributed by atoms with E-state index in [-0.39, 0.29) is 12.5 Å². The lowest BCUT2D eigenvalue weighted by molar-refractivity contribution is -0.119. The summed E-state index contributed by atoms with van der Waals surface area (Å²) in [5.41, 5.74) is 1.21. The van der Waals surface area contributed by atoms with Gasteiger partial charge in [0.1, 0.15) is 17.5 Å². The van der Waals surface area contributed by atoms with Crippen molar-refractivity contribution in [2.24, 2.45) is 7.05 Å². The molecule has 1 amide bonds. The molecule has 6 nitrogen and oxygen atoms in total. The largest absolute Gasteiger partial charge is 0.352 e. The van der Waals surface area contributed by atoms with E-state index in [1.165, 1.54) is 0 Å². The molecule has 18 heavy (non-hydrogen) atoms. The Kier molecular flexibility index (Phi) is 3.24. The van der Waals surface area contributed by atoms with Crippen molar-refractivity contribution in [2.75, 3.05) is 18.5 Å². The summed E-state index contributed by atoms with van der Waals surface area (Å²) in [6.45, 7) is 2.03. The topological polar surface area (TPSA) is 74.0 Å². The van der Waals surface area contributed by atoms with Crippen LogP contribution in [0.1, 0.15) is 24.1 Å². The lowest BCUT2D eigenvalue weighted by Crippen LogP contribution is -2.37. The predicted molar refractivity (Wildman–Crippen MR) is 67.1 cm³/mol. The van der Waals surface area contributed by atoms with Gasteiger partial charge in [-0.25, -0.2) is 0 Å². The van der Waals surface area contributed by atoms with Gasteiger partial charge in [0.25, 0.3) is 0 Å². The molecule has 1 heterocycles. The number of nitrogens with zero attached hydrogens (tertiary/aromatic N) is 4. The number of nitrogens with one attached hydrogen (secondary N) is 1. The number of carbonyl (C=O) groups excluding carboxylic acids is 1. The number of hydrogen-bond donors (Lipinski definition) is 1. The molecule has 0 bridgehead atoms. The Labute approximate surface area is 106 Å². The average molecular weight is 247 g/mol. The molecule has 0 saturated heterocycles. The summed E-state index contributed by atoms with van der Waals surface area (Å²) in [4.78, 5) is 13.5. The minimum absolute atomic E-state index is 0.0113.